The monoisotopic (exact) mass is 332 g/mol. The van der Waals surface area contributed by atoms with Gasteiger partial charge < -0.3 is 10.2 Å². The molecule has 18 heavy (non-hydrogen) atoms. The number of rotatable bonds is 5. The van der Waals surface area contributed by atoms with E-state index in [1.54, 1.807) is 12.1 Å². The molecule has 0 saturated carbocycles. The summed E-state index contributed by atoms with van der Waals surface area (Å²) in [5.74, 6) is 2.30. The lowest BCUT2D eigenvalue weighted by molar-refractivity contribution is 0.301. The topological polar surface area (TPSA) is 15.3 Å². The summed E-state index contributed by atoms with van der Waals surface area (Å²) in [5, 5.41) is 3.37. The van der Waals surface area contributed by atoms with Crippen LogP contribution in [0.1, 0.15) is 5.56 Å². The SMILES string of the molecule is Fc1cc(CNCCN2CCSCC2)ccc1Br. The molecule has 1 heterocycles. The zero-order chi connectivity index (χ0) is 12.8. The van der Waals surface area contributed by atoms with Gasteiger partial charge in [-0.2, -0.15) is 11.8 Å². The van der Waals surface area contributed by atoms with E-state index in [0.717, 1.165) is 25.2 Å². The molecule has 5 heteroatoms. The van der Waals surface area contributed by atoms with Gasteiger partial charge in [-0.05, 0) is 33.6 Å². The highest BCUT2D eigenvalue weighted by molar-refractivity contribution is 9.10. The summed E-state index contributed by atoms with van der Waals surface area (Å²) < 4.78 is 13.8. The number of hydrogen-bond donors (Lipinski definition) is 1. The van der Waals surface area contributed by atoms with E-state index >= 15 is 0 Å². The molecular formula is C13H18BrFN2S. The molecule has 1 saturated heterocycles. The van der Waals surface area contributed by atoms with Crippen molar-refractivity contribution in [3.8, 4) is 0 Å². The molecule has 1 aliphatic rings. The first-order valence-corrected chi connectivity index (χ1v) is 8.15. The molecule has 100 valence electrons. The van der Waals surface area contributed by atoms with Crippen LogP contribution in [0.25, 0.3) is 0 Å². The predicted molar refractivity (Wildman–Crippen MR) is 79.6 cm³/mol. The summed E-state index contributed by atoms with van der Waals surface area (Å²) >= 11 is 5.19. The number of hydrogen-bond acceptors (Lipinski definition) is 3. The maximum absolute atomic E-state index is 13.3. The van der Waals surface area contributed by atoms with Crippen LogP contribution in [0.4, 0.5) is 4.39 Å². The molecule has 0 amide bonds. The van der Waals surface area contributed by atoms with Crippen molar-refractivity contribution in [1.29, 1.82) is 0 Å². The highest BCUT2D eigenvalue weighted by Gasteiger charge is 2.09. The average Bonchev–Trinajstić information content (AvgIpc) is 2.40. The van der Waals surface area contributed by atoms with E-state index in [4.69, 9.17) is 0 Å². The molecule has 0 spiro atoms. The summed E-state index contributed by atoms with van der Waals surface area (Å²) in [7, 11) is 0. The molecule has 1 aliphatic heterocycles. The van der Waals surface area contributed by atoms with Gasteiger partial charge in [0.1, 0.15) is 5.82 Å². The lowest BCUT2D eigenvalue weighted by Gasteiger charge is -2.26. The molecule has 1 N–H and O–H groups in total. The number of benzene rings is 1. The highest BCUT2D eigenvalue weighted by Crippen LogP contribution is 2.16. The molecule has 1 fully saturated rings. The second-order valence-corrected chi connectivity index (χ2v) is 6.46. The van der Waals surface area contributed by atoms with Crippen molar-refractivity contribution < 1.29 is 4.39 Å². The number of nitrogens with zero attached hydrogens (tertiary/aromatic N) is 1. The van der Waals surface area contributed by atoms with Crippen molar-refractivity contribution in [2.75, 3.05) is 37.7 Å². The number of nitrogens with one attached hydrogen (secondary N) is 1. The second kappa shape index (κ2) is 7.48. The Hall–Kier alpha value is -0.100. The molecule has 0 bridgehead atoms. The van der Waals surface area contributed by atoms with Crippen LogP contribution in [0.5, 0.6) is 0 Å². The van der Waals surface area contributed by atoms with Crippen LogP contribution in [0.2, 0.25) is 0 Å². The van der Waals surface area contributed by atoms with Crippen molar-refractivity contribution in [3.05, 3.63) is 34.1 Å². The third-order valence-electron chi connectivity index (χ3n) is 3.02. The zero-order valence-electron chi connectivity index (χ0n) is 10.3. The van der Waals surface area contributed by atoms with Gasteiger partial charge in [0.25, 0.3) is 0 Å². The van der Waals surface area contributed by atoms with E-state index in [0.29, 0.717) is 4.47 Å². The summed E-state index contributed by atoms with van der Waals surface area (Å²) in [6, 6.07) is 5.28. The molecule has 2 rings (SSSR count). The summed E-state index contributed by atoms with van der Waals surface area (Å²) in [4.78, 5) is 2.48. The van der Waals surface area contributed by atoms with Gasteiger partial charge in [0.05, 0.1) is 4.47 Å². The molecule has 0 aromatic heterocycles. The average molecular weight is 333 g/mol. The first-order chi connectivity index (χ1) is 8.75. The van der Waals surface area contributed by atoms with Gasteiger partial charge in [0.15, 0.2) is 0 Å². The summed E-state index contributed by atoms with van der Waals surface area (Å²) in [6.45, 7) is 5.16. The van der Waals surface area contributed by atoms with Crippen LogP contribution in [0.3, 0.4) is 0 Å². The minimum Gasteiger partial charge on any atom is -0.311 e. The number of thioether (sulfide) groups is 1. The van der Waals surface area contributed by atoms with Gasteiger partial charge in [-0.1, -0.05) is 6.07 Å². The van der Waals surface area contributed by atoms with E-state index in [1.165, 1.54) is 24.6 Å². The normalized spacial score (nSPS) is 17.0. The second-order valence-electron chi connectivity index (χ2n) is 4.38. The fraction of sp³-hybridized carbons (Fsp3) is 0.538. The quantitative estimate of drug-likeness (QED) is 0.834. The van der Waals surface area contributed by atoms with Crippen LogP contribution >= 0.6 is 27.7 Å². The van der Waals surface area contributed by atoms with Crippen molar-refractivity contribution >= 4 is 27.7 Å². The zero-order valence-corrected chi connectivity index (χ0v) is 12.7. The lowest BCUT2D eigenvalue weighted by Crippen LogP contribution is -2.37. The minimum absolute atomic E-state index is 0.192. The third kappa shape index (κ3) is 4.53. The van der Waals surface area contributed by atoms with Crippen LogP contribution in [0.15, 0.2) is 22.7 Å². The van der Waals surface area contributed by atoms with Crippen molar-refractivity contribution in [3.63, 3.8) is 0 Å². The van der Waals surface area contributed by atoms with E-state index in [2.05, 4.69) is 26.1 Å². The van der Waals surface area contributed by atoms with Crippen LogP contribution in [-0.4, -0.2) is 42.6 Å². The fourth-order valence-corrected chi connectivity index (χ4v) is 3.17. The molecule has 0 aliphatic carbocycles. The van der Waals surface area contributed by atoms with E-state index in [9.17, 15) is 4.39 Å². The van der Waals surface area contributed by atoms with Gasteiger partial charge in [0.2, 0.25) is 0 Å². The van der Waals surface area contributed by atoms with Crippen molar-refractivity contribution in [2.24, 2.45) is 0 Å². The van der Waals surface area contributed by atoms with Crippen molar-refractivity contribution in [2.45, 2.75) is 6.54 Å². The Morgan fingerprint density at radius 2 is 2.11 bits per heavy atom. The largest absolute Gasteiger partial charge is 0.311 e. The van der Waals surface area contributed by atoms with E-state index < -0.39 is 0 Å². The number of halogens is 2. The molecule has 1 aromatic rings. The predicted octanol–water partition coefficient (Wildman–Crippen LogP) is 2.73. The maximum Gasteiger partial charge on any atom is 0.137 e. The van der Waals surface area contributed by atoms with E-state index in [1.807, 2.05) is 17.8 Å². The van der Waals surface area contributed by atoms with Gasteiger partial charge in [0, 0.05) is 44.2 Å². The Balaban J connectivity index is 1.66. The van der Waals surface area contributed by atoms with E-state index in [-0.39, 0.29) is 5.82 Å². The standard InChI is InChI=1S/C13H18BrFN2S/c14-12-2-1-11(9-13(12)15)10-16-3-4-17-5-7-18-8-6-17/h1-2,9,16H,3-8,10H2. The minimum atomic E-state index is -0.192. The Morgan fingerprint density at radius 1 is 1.33 bits per heavy atom. The van der Waals surface area contributed by atoms with Gasteiger partial charge in [-0.15, -0.1) is 0 Å². The van der Waals surface area contributed by atoms with Gasteiger partial charge in [-0.3, -0.25) is 0 Å². The lowest BCUT2D eigenvalue weighted by atomic mass is 10.2. The van der Waals surface area contributed by atoms with Crippen LogP contribution in [-0.2, 0) is 6.54 Å². The van der Waals surface area contributed by atoms with Crippen LogP contribution in [0, 0.1) is 5.82 Å². The Morgan fingerprint density at radius 3 is 2.83 bits per heavy atom. The molecule has 2 nitrogen and oxygen atoms in total. The Kier molecular flexibility index (Phi) is 5.95. The summed E-state index contributed by atoms with van der Waals surface area (Å²) in [5.41, 5.74) is 0.991. The maximum atomic E-state index is 13.3. The fourth-order valence-electron chi connectivity index (χ4n) is 1.94. The first-order valence-electron chi connectivity index (χ1n) is 6.20. The Bertz CT molecular complexity index is 383. The molecule has 0 unspecified atom stereocenters. The smallest absolute Gasteiger partial charge is 0.137 e. The third-order valence-corrected chi connectivity index (χ3v) is 4.61. The Labute approximate surface area is 120 Å². The van der Waals surface area contributed by atoms with Crippen LogP contribution < -0.4 is 5.32 Å². The molecule has 0 atom stereocenters. The molecular weight excluding hydrogens is 315 g/mol. The summed E-state index contributed by atoms with van der Waals surface area (Å²) in [6.07, 6.45) is 0. The van der Waals surface area contributed by atoms with Gasteiger partial charge >= 0.3 is 0 Å². The highest BCUT2D eigenvalue weighted by atomic mass is 79.9. The molecule has 1 aromatic carbocycles. The van der Waals surface area contributed by atoms with Gasteiger partial charge in [-0.25, -0.2) is 4.39 Å². The first kappa shape index (κ1) is 14.3. The van der Waals surface area contributed by atoms with Crippen molar-refractivity contribution in [1.82, 2.24) is 10.2 Å². The molecule has 0 radical (unpaired) electrons.